The van der Waals surface area contributed by atoms with Crippen molar-refractivity contribution in [3.63, 3.8) is 0 Å². The van der Waals surface area contributed by atoms with Crippen LogP contribution in [0.3, 0.4) is 0 Å². The number of nitrogens with zero attached hydrogens (tertiary/aromatic N) is 1. The van der Waals surface area contributed by atoms with E-state index in [1.165, 1.54) is 18.2 Å². The van der Waals surface area contributed by atoms with Crippen molar-refractivity contribution < 1.29 is 9.18 Å². The third kappa shape index (κ3) is 4.35. The second-order valence-corrected chi connectivity index (χ2v) is 6.82. The van der Waals surface area contributed by atoms with Crippen LogP contribution in [0.15, 0.2) is 48.5 Å². The smallest absolute Gasteiger partial charge is 0.319 e. The van der Waals surface area contributed by atoms with Crippen LogP contribution in [0, 0.1) is 12.7 Å². The van der Waals surface area contributed by atoms with E-state index in [0.717, 1.165) is 21.1 Å². The molecule has 2 amide bonds. The van der Waals surface area contributed by atoms with Gasteiger partial charge in [-0.1, -0.05) is 41.9 Å². The highest BCUT2D eigenvalue weighted by atomic mass is 35.5. The number of amides is 2. The molecule has 1 aromatic heterocycles. The predicted molar refractivity (Wildman–Crippen MR) is 99.6 cm³/mol. The van der Waals surface area contributed by atoms with E-state index in [2.05, 4.69) is 15.6 Å². The average Bonchev–Trinajstić information content (AvgIpc) is 2.98. The van der Waals surface area contributed by atoms with Gasteiger partial charge in [0.2, 0.25) is 0 Å². The van der Waals surface area contributed by atoms with E-state index in [0.29, 0.717) is 12.2 Å². The van der Waals surface area contributed by atoms with Gasteiger partial charge in [-0.05, 0) is 25.1 Å². The van der Waals surface area contributed by atoms with Gasteiger partial charge in [0.15, 0.2) is 0 Å². The third-order valence-corrected chi connectivity index (χ3v) is 5.00. The first-order valence-electron chi connectivity index (χ1n) is 7.54. The van der Waals surface area contributed by atoms with Gasteiger partial charge >= 0.3 is 6.03 Å². The highest BCUT2D eigenvalue weighted by Gasteiger charge is 2.11. The minimum atomic E-state index is -0.527. The van der Waals surface area contributed by atoms with Gasteiger partial charge in [0.05, 0.1) is 17.3 Å². The molecule has 0 atom stereocenters. The summed E-state index contributed by atoms with van der Waals surface area (Å²) in [6, 6.07) is 13.5. The van der Waals surface area contributed by atoms with E-state index in [1.54, 1.807) is 11.3 Å². The molecule has 0 unspecified atom stereocenters. The second-order valence-electron chi connectivity index (χ2n) is 5.33. The number of urea groups is 1. The fourth-order valence-electron chi connectivity index (χ4n) is 2.21. The van der Waals surface area contributed by atoms with Gasteiger partial charge in [0.25, 0.3) is 0 Å². The molecule has 0 fully saturated rings. The largest absolute Gasteiger partial charge is 0.333 e. The number of nitrogens with one attached hydrogen (secondary N) is 2. The number of hydrogen-bond acceptors (Lipinski definition) is 3. The Morgan fingerprint density at radius 1 is 1.24 bits per heavy atom. The van der Waals surface area contributed by atoms with Gasteiger partial charge in [-0.2, -0.15) is 0 Å². The Kier molecular flexibility index (Phi) is 5.31. The van der Waals surface area contributed by atoms with Crippen LogP contribution in [-0.2, 0) is 6.54 Å². The molecule has 0 bridgehead atoms. The number of aromatic nitrogens is 1. The van der Waals surface area contributed by atoms with E-state index in [9.17, 15) is 9.18 Å². The topological polar surface area (TPSA) is 54.0 Å². The lowest BCUT2D eigenvalue weighted by atomic mass is 10.2. The number of anilines is 1. The van der Waals surface area contributed by atoms with E-state index in [4.69, 9.17) is 11.6 Å². The molecule has 3 rings (SSSR count). The summed E-state index contributed by atoms with van der Waals surface area (Å²) in [4.78, 5) is 17.5. The molecule has 0 spiro atoms. The molecule has 128 valence electrons. The minimum Gasteiger partial charge on any atom is -0.333 e. The fraction of sp³-hybridized carbons (Fsp3) is 0.111. The van der Waals surface area contributed by atoms with Crippen LogP contribution in [0.2, 0.25) is 5.02 Å². The van der Waals surface area contributed by atoms with Crippen molar-refractivity contribution in [1.82, 2.24) is 10.3 Å². The van der Waals surface area contributed by atoms with Crippen LogP contribution < -0.4 is 10.6 Å². The summed E-state index contributed by atoms with van der Waals surface area (Å²) in [7, 11) is 0. The van der Waals surface area contributed by atoms with Gasteiger partial charge in [0.1, 0.15) is 10.8 Å². The Morgan fingerprint density at radius 3 is 2.72 bits per heavy atom. The lowest BCUT2D eigenvalue weighted by Crippen LogP contribution is -2.28. The van der Waals surface area contributed by atoms with Crippen molar-refractivity contribution in [2.75, 3.05) is 5.32 Å². The Labute approximate surface area is 153 Å². The number of halogens is 2. The summed E-state index contributed by atoms with van der Waals surface area (Å²) in [6.07, 6.45) is 0. The molecule has 0 aliphatic heterocycles. The van der Waals surface area contributed by atoms with Gasteiger partial charge < -0.3 is 10.6 Å². The van der Waals surface area contributed by atoms with Crippen LogP contribution in [0.4, 0.5) is 14.9 Å². The van der Waals surface area contributed by atoms with Crippen LogP contribution in [0.25, 0.3) is 10.6 Å². The van der Waals surface area contributed by atoms with Crippen molar-refractivity contribution in [3.8, 4) is 10.6 Å². The number of rotatable bonds is 4. The molecule has 0 radical (unpaired) electrons. The number of thiazole rings is 1. The van der Waals surface area contributed by atoms with Crippen molar-refractivity contribution in [3.05, 3.63) is 69.9 Å². The number of benzene rings is 2. The molecule has 1 heterocycles. The normalized spacial score (nSPS) is 10.5. The molecule has 4 nitrogen and oxygen atoms in total. The van der Waals surface area contributed by atoms with Gasteiger partial charge in [-0.25, -0.2) is 14.2 Å². The monoisotopic (exact) mass is 375 g/mol. The highest BCUT2D eigenvalue weighted by molar-refractivity contribution is 7.15. The van der Waals surface area contributed by atoms with E-state index in [1.807, 2.05) is 37.3 Å². The zero-order valence-electron chi connectivity index (χ0n) is 13.3. The fourth-order valence-corrected chi connectivity index (χ4v) is 3.39. The molecule has 0 aliphatic rings. The second kappa shape index (κ2) is 7.63. The lowest BCUT2D eigenvalue weighted by molar-refractivity contribution is 0.252. The molecule has 7 heteroatoms. The Hall–Kier alpha value is -2.44. The average molecular weight is 376 g/mol. The van der Waals surface area contributed by atoms with Gasteiger partial charge in [-0.3, -0.25) is 0 Å². The quantitative estimate of drug-likeness (QED) is 0.655. The molecule has 3 aromatic rings. The van der Waals surface area contributed by atoms with E-state index >= 15 is 0 Å². The summed E-state index contributed by atoms with van der Waals surface area (Å²) in [5, 5.41) is 6.27. The highest BCUT2D eigenvalue weighted by Crippen LogP contribution is 2.27. The maximum absolute atomic E-state index is 13.1. The first-order chi connectivity index (χ1) is 12.0. The SMILES string of the molecule is Cc1nc(-c2ccccc2)sc1CNC(=O)Nc1ccc(F)c(Cl)c1. The molecule has 2 aromatic carbocycles. The zero-order chi connectivity index (χ0) is 17.8. The van der Waals surface area contributed by atoms with Crippen molar-refractivity contribution in [2.24, 2.45) is 0 Å². The molecule has 0 saturated heterocycles. The van der Waals surface area contributed by atoms with Crippen molar-refractivity contribution in [2.45, 2.75) is 13.5 Å². The molecule has 0 aliphatic carbocycles. The molecule has 0 saturated carbocycles. The minimum absolute atomic E-state index is 0.0383. The number of carbonyl (C=O) groups excluding carboxylic acids is 1. The number of carbonyl (C=O) groups is 1. The van der Waals surface area contributed by atoms with Crippen LogP contribution in [0.5, 0.6) is 0 Å². The van der Waals surface area contributed by atoms with Gasteiger partial charge in [0, 0.05) is 16.1 Å². The van der Waals surface area contributed by atoms with E-state index < -0.39 is 11.8 Å². The molecular weight excluding hydrogens is 361 g/mol. The Morgan fingerprint density at radius 2 is 2.00 bits per heavy atom. The number of hydrogen-bond donors (Lipinski definition) is 2. The zero-order valence-corrected chi connectivity index (χ0v) is 14.9. The van der Waals surface area contributed by atoms with Gasteiger partial charge in [-0.15, -0.1) is 11.3 Å². The summed E-state index contributed by atoms with van der Waals surface area (Å²) < 4.78 is 13.1. The summed E-state index contributed by atoms with van der Waals surface area (Å²) >= 11 is 7.24. The Bertz CT molecular complexity index is 899. The van der Waals surface area contributed by atoms with Crippen LogP contribution >= 0.6 is 22.9 Å². The summed E-state index contributed by atoms with van der Waals surface area (Å²) in [5.41, 5.74) is 2.36. The summed E-state index contributed by atoms with van der Waals surface area (Å²) in [6.45, 7) is 2.27. The maximum Gasteiger partial charge on any atom is 0.319 e. The molecule has 25 heavy (non-hydrogen) atoms. The van der Waals surface area contributed by atoms with Crippen LogP contribution in [0.1, 0.15) is 10.6 Å². The molecular formula is C18H15ClFN3OS. The standard InChI is InChI=1S/C18H15ClFN3OS/c1-11-16(25-17(22-11)12-5-3-2-4-6-12)10-21-18(24)23-13-7-8-15(20)14(19)9-13/h2-9H,10H2,1H3,(H2,21,23,24). The van der Waals surface area contributed by atoms with E-state index in [-0.39, 0.29) is 5.02 Å². The lowest BCUT2D eigenvalue weighted by Gasteiger charge is -2.07. The number of aryl methyl sites for hydroxylation is 1. The maximum atomic E-state index is 13.1. The van der Waals surface area contributed by atoms with Crippen molar-refractivity contribution >= 4 is 34.7 Å². The van der Waals surface area contributed by atoms with Crippen LogP contribution in [-0.4, -0.2) is 11.0 Å². The summed E-state index contributed by atoms with van der Waals surface area (Å²) in [5.74, 6) is -0.527. The predicted octanol–water partition coefficient (Wildman–Crippen LogP) is 5.23. The molecule has 2 N–H and O–H groups in total. The third-order valence-electron chi connectivity index (χ3n) is 3.50. The first kappa shape index (κ1) is 17.4. The first-order valence-corrected chi connectivity index (χ1v) is 8.74. The Balaban J connectivity index is 1.62. The van der Waals surface area contributed by atoms with Crippen molar-refractivity contribution in [1.29, 1.82) is 0 Å².